The Morgan fingerprint density at radius 2 is 2.05 bits per heavy atom. The van der Waals surface area contributed by atoms with Gasteiger partial charge in [-0.15, -0.1) is 0 Å². The number of rotatable bonds is 5. The van der Waals surface area contributed by atoms with Gasteiger partial charge < -0.3 is 15.7 Å². The van der Waals surface area contributed by atoms with Crippen LogP contribution in [0.5, 0.6) is 0 Å². The van der Waals surface area contributed by atoms with Crippen molar-refractivity contribution in [2.24, 2.45) is 0 Å². The van der Waals surface area contributed by atoms with Crippen LogP contribution in [0.15, 0.2) is 18.2 Å². The molecule has 0 fully saturated rings. The highest BCUT2D eigenvalue weighted by molar-refractivity contribution is 5.99. The molecule has 4 nitrogen and oxygen atoms in total. The van der Waals surface area contributed by atoms with Crippen molar-refractivity contribution in [3.63, 3.8) is 0 Å². The van der Waals surface area contributed by atoms with E-state index >= 15 is 0 Å². The molecule has 0 spiro atoms. The molecule has 0 bridgehead atoms. The Balaban J connectivity index is 3.10. The molecular weight excluding hydrogens is 273 g/mol. The predicted octanol–water partition coefficient (Wildman–Crippen LogP) is 2.13. The number of halogens is 3. The van der Waals surface area contributed by atoms with E-state index in [-0.39, 0.29) is 18.7 Å². The Labute approximate surface area is 115 Å². The summed E-state index contributed by atoms with van der Waals surface area (Å²) in [5, 5.41) is 8.76. The molecule has 7 heteroatoms. The number of nitrogens with zero attached hydrogens (tertiary/aromatic N) is 1. The number of nitrogens with two attached hydrogens (primary N) is 1. The third kappa shape index (κ3) is 3.63. The molecule has 1 rings (SSSR count). The van der Waals surface area contributed by atoms with Crippen LogP contribution in [0.3, 0.4) is 0 Å². The molecule has 0 saturated carbocycles. The first-order chi connectivity index (χ1) is 9.32. The molecule has 20 heavy (non-hydrogen) atoms. The summed E-state index contributed by atoms with van der Waals surface area (Å²) in [5.74, 6) is -0.565. The van der Waals surface area contributed by atoms with Crippen LogP contribution >= 0.6 is 0 Å². The molecule has 0 unspecified atom stereocenters. The van der Waals surface area contributed by atoms with Gasteiger partial charge >= 0.3 is 6.18 Å². The number of hydrogen-bond donors (Lipinski definition) is 2. The largest absolute Gasteiger partial charge is 0.418 e. The van der Waals surface area contributed by atoms with E-state index in [1.165, 1.54) is 11.0 Å². The highest BCUT2D eigenvalue weighted by atomic mass is 19.4. The predicted molar refractivity (Wildman–Crippen MR) is 69.1 cm³/mol. The van der Waals surface area contributed by atoms with E-state index < -0.39 is 23.3 Å². The molecule has 1 aromatic rings. The van der Waals surface area contributed by atoms with E-state index in [4.69, 9.17) is 10.8 Å². The van der Waals surface area contributed by atoms with Crippen LogP contribution in [0.1, 0.15) is 29.3 Å². The summed E-state index contributed by atoms with van der Waals surface area (Å²) in [6.45, 7) is 2.21. The Kier molecular flexibility index (Phi) is 5.38. The van der Waals surface area contributed by atoms with E-state index in [1.807, 2.05) is 0 Å². The fourth-order valence-electron chi connectivity index (χ4n) is 1.83. The number of amides is 1. The number of benzene rings is 1. The number of para-hydroxylation sites is 1. The first kappa shape index (κ1) is 16.3. The molecule has 112 valence electrons. The summed E-state index contributed by atoms with van der Waals surface area (Å²) in [4.78, 5) is 13.5. The maximum absolute atomic E-state index is 12.7. The van der Waals surface area contributed by atoms with Gasteiger partial charge in [-0.3, -0.25) is 4.79 Å². The molecule has 1 amide bonds. The van der Waals surface area contributed by atoms with Crippen LogP contribution in [0.4, 0.5) is 18.9 Å². The van der Waals surface area contributed by atoms with Crippen LogP contribution in [-0.4, -0.2) is 35.6 Å². The lowest BCUT2D eigenvalue weighted by molar-refractivity contribution is -0.136. The normalized spacial score (nSPS) is 11.4. The van der Waals surface area contributed by atoms with Crippen LogP contribution < -0.4 is 5.73 Å². The van der Waals surface area contributed by atoms with Crippen molar-refractivity contribution in [3.8, 4) is 0 Å². The Morgan fingerprint density at radius 3 is 2.55 bits per heavy atom. The highest BCUT2D eigenvalue weighted by Crippen LogP contribution is 2.35. The van der Waals surface area contributed by atoms with E-state index in [9.17, 15) is 18.0 Å². The zero-order valence-corrected chi connectivity index (χ0v) is 11.1. The van der Waals surface area contributed by atoms with Crippen LogP contribution in [0.2, 0.25) is 0 Å². The molecule has 0 aromatic heterocycles. The van der Waals surface area contributed by atoms with E-state index in [0.717, 1.165) is 12.1 Å². The number of aliphatic hydroxyl groups is 1. The molecule has 0 heterocycles. The van der Waals surface area contributed by atoms with Crippen molar-refractivity contribution in [1.82, 2.24) is 4.90 Å². The lowest BCUT2D eigenvalue weighted by Crippen LogP contribution is -2.33. The van der Waals surface area contributed by atoms with E-state index in [0.29, 0.717) is 13.0 Å². The van der Waals surface area contributed by atoms with Crippen molar-refractivity contribution in [2.75, 3.05) is 25.4 Å². The van der Waals surface area contributed by atoms with E-state index in [2.05, 4.69) is 0 Å². The SMILES string of the molecule is CCN(CCCO)C(=O)c1cccc(C(F)(F)F)c1N. The average molecular weight is 290 g/mol. The van der Waals surface area contributed by atoms with E-state index in [1.54, 1.807) is 6.92 Å². The van der Waals surface area contributed by atoms with Gasteiger partial charge in [0, 0.05) is 19.7 Å². The minimum absolute atomic E-state index is 0.0954. The topological polar surface area (TPSA) is 66.6 Å². The second-order valence-corrected chi connectivity index (χ2v) is 4.23. The quantitative estimate of drug-likeness (QED) is 0.816. The maximum Gasteiger partial charge on any atom is 0.418 e. The number of nitrogen functional groups attached to an aromatic ring is 1. The minimum atomic E-state index is -4.59. The smallest absolute Gasteiger partial charge is 0.398 e. The van der Waals surface area contributed by atoms with Crippen molar-refractivity contribution in [1.29, 1.82) is 0 Å². The summed E-state index contributed by atoms with van der Waals surface area (Å²) < 4.78 is 38.2. The summed E-state index contributed by atoms with van der Waals surface area (Å²) in [6, 6.07) is 3.27. The van der Waals surface area contributed by atoms with Crippen molar-refractivity contribution >= 4 is 11.6 Å². The van der Waals surface area contributed by atoms with Gasteiger partial charge in [-0.1, -0.05) is 6.07 Å². The second-order valence-electron chi connectivity index (χ2n) is 4.23. The molecule has 0 atom stereocenters. The maximum atomic E-state index is 12.7. The van der Waals surface area contributed by atoms with Crippen LogP contribution in [0, 0.1) is 0 Å². The molecule has 3 N–H and O–H groups in total. The second kappa shape index (κ2) is 6.60. The first-order valence-corrected chi connectivity index (χ1v) is 6.18. The average Bonchev–Trinajstić information content (AvgIpc) is 2.38. The van der Waals surface area contributed by atoms with Gasteiger partial charge in [-0.25, -0.2) is 0 Å². The highest BCUT2D eigenvalue weighted by Gasteiger charge is 2.34. The van der Waals surface area contributed by atoms with Gasteiger partial charge in [0.1, 0.15) is 0 Å². The van der Waals surface area contributed by atoms with Crippen molar-refractivity contribution < 1.29 is 23.1 Å². The molecule has 0 aliphatic heterocycles. The van der Waals surface area contributed by atoms with Gasteiger partial charge in [0.25, 0.3) is 5.91 Å². The van der Waals surface area contributed by atoms with Crippen molar-refractivity contribution in [2.45, 2.75) is 19.5 Å². The number of hydrogen-bond acceptors (Lipinski definition) is 3. The third-order valence-corrected chi connectivity index (χ3v) is 2.90. The van der Waals surface area contributed by atoms with Crippen molar-refractivity contribution in [3.05, 3.63) is 29.3 Å². The first-order valence-electron chi connectivity index (χ1n) is 6.18. The Morgan fingerprint density at radius 1 is 1.40 bits per heavy atom. The summed E-state index contributed by atoms with van der Waals surface area (Å²) >= 11 is 0. The number of alkyl halides is 3. The summed E-state index contributed by atoms with van der Waals surface area (Å²) in [5.41, 5.74) is 3.73. The van der Waals surface area contributed by atoms with Crippen LogP contribution in [0.25, 0.3) is 0 Å². The zero-order chi connectivity index (χ0) is 15.3. The zero-order valence-electron chi connectivity index (χ0n) is 11.1. The Bertz CT molecular complexity index is 475. The number of aliphatic hydroxyl groups excluding tert-OH is 1. The number of anilines is 1. The molecular formula is C13H17F3N2O2. The lowest BCUT2D eigenvalue weighted by atomic mass is 10.1. The van der Waals surface area contributed by atoms with Crippen LogP contribution in [-0.2, 0) is 6.18 Å². The summed E-state index contributed by atoms with van der Waals surface area (Å²) in [7, 11) is 0. The minimum Gasteiger partial charge on any atom is -0.398 e. The molecule has 1 aromatic carbocycles. The molecule has 0 radical (unpaired) electrons. The fourth-order valence-corrected chi connectivity index (χ4v) is 1.83. The Hall–Kier alpha value is -1.76. The van der Waals surface area contributed by atoms with Gasteiger partial charge in [0.15, 0.2) is 0 Å². The van der Waals surface area contributed by atoms with Gasteiger partial charge in [-0.2, -0.15) is 13.2 Å². The number of carbonyl (C=O) groups is 1. The standard InChI is InChI=1S/C13H17F3N2O2/c1-2-18(7-4-8-19)12(20)9-5-3-6-10(11(9)17)13(14,15)16/h3,5-6,19H,2,4,7-8,17H2,1H3. The lowest BCUT2D eigenvalue weighted by Gasteiger charge is -2.22. The third-order valence-electron chi connectivity index (χ3n) is 2.90. The molecule has 0 aliphatic carbocycles. The fraction of sp³-hybridized carbons (Fsp3) is 0.462. The van der Waals surface area contributed by atoms with Gasteiger partial charge in [-0.05, 0) is 25.5 Å². The monoisotopic (exact) mass is 290 g/mol. The summed E-state index contributed by atoms with van der Waals surface area (Å²) in [6.07, 6.45) is -4.24. The molecule has 0 aliphatic rings. The van der Waals surface area contributed by atoms with Gasteiger partial charge in [0.05, 0.1) is 16.8 Å². The van der Waals surface area contributed by atoms with Gasteiger partial charge in [0.2, 0.25) is 0 Å². The molecule has 0 saturated heterocycles. The number of carbonyl (C=O) groups excluding carboxylic acids is 1.